The van der Waals surface area contributed by atoms with Crippen molar-refractivity contribution < 1.29 is 33.4 Å². The van der Waals surface area contributed by atoms with Crippen LogP contribution < -0.4 is 10.6 Å². The van der Waals surface area contributed by atoms with Crippen molar-refractivity contribution in [2.24, 2.45) is 5.92 Å². The lowest BCUT2D eigenvalue weighted by Gasteiger charge is -2.29. The third-order valence-electron chi connectivity index (χ3n) is 7.22. The Bertz CT molecular complexity index is 1210. The summed E-state index contributed by atoms with van der Waals surface area (Å²) in [6.45, 7) is 4.10. The Morgan fingerprint density at radius 2 is 1.52 bits per heavy atom. The van der Waals surface area contributed by atoms with Crippen LogP contribution in [0.2, 0.25) is 0 Å². The smallest absolute Gasteiger partial charge is 0.329 e. The maximum Gasteiger partial charge on any atom is 0.329 e. The van der Waals surface area contributed by atoms with Crippen LogP contribution in [0.1, 0.15) is 50.7 Å². The number of halogens is 1. The number of nitrogens with one attached hydrogen (secondary N) is 2. The van der Waals surface area contributed by atoms with Gasteiger partial charge in [-0.2, -0.15) is 0 Å². The van der Waals surface area contributed by atoms with Gasteiger partial charge in [0, 0.05) is 6.54 Å². The second kappa shape index (κ2) is 16.6. The van der Waals surface area contributed by atoms with E-state index in [1.54, 1.807) is 43.3 Å². The second-order valence-electron chi connectivity index (χ2n) is 10.3. The number of esters is 2. The molecular weight excluding hydrogens is 606 g/mol. The number of likely N-dealkylation sites (tertiary alicyclic amines) is 1. The third-order valence-corrected chi connectivity index (χ3v) is 7.70. The van der Waals surface area contributed by atoms with Crippen molar-refractivity contribution in [3.8, 4) is 0 Å². The first-order chi connectivity index (χ1) is 20.2. The molecule has 1 fully saturated rings. The van der Waals surface area contributed by atoms with E-state index in [0.717, 1.165) is 11.1 Å². The fraction of sp³-hybridized carbons (Fsp3) is 0.452. The summed E-state index contributed by atoms with van der Waals surface area (Å²) in [5.41, 5.74) is 1.52. The number of nitrogens with zero attached hydrogens (tertiary/aromatic N) is 1. The van der Waals surface area contributed by atoms with Gasteiger partial charge in [0.15, 0.2) is 0 Å². The molecule has 2 aromatic rings. The number of ether oxygens (including phenoxy) is 2. The van der Waals surface area contributed by atoms with Gasteiger partial charge in [-0.1, -0.05) is 96.9 Å². The highest BCUT2D eigenvalue weighted by Gasteiger charge is 2.37. The van der Waals surface area contributed by atoms with E-state index in [1.807, 2.05) is 31.2 Å². The summed E-state index contributed by atoms with van der Waals surface area (Å²) in [4.78, 5) is 66.4. The van der Waals surface area contributed by atoms with Gasteiger partial charge in [0.1, 0.15) is 31.3 Å². The molecule has 1 aliphatic rings. The molecule has 0 radical (unpaired) electrons. The predicted octanol–water partition coefficient (Wildman–Crippen LogP) is 3.26. The molecule has 0 aromatic heterocycles. The number of hydrogen-bond acceptors (Lipinski definition) is 7. The van der Waals surface area contributed by atoms with Crippen LogP contribution in [-0.2, 0) is 46.7 Å². The number of carbonyl (C=O) groups is 5. The van der Waals surface area contributed by atoms with Crippen LogP contribution in [0.5, 0.6) is 0 Å². The number of rotatable bonds is 14. The maximum atomic E-state index is 13.5. The zero-order valence-electron chi connectivity index (χ0n) is 23.9. The quantitative estimate of drug-likeness (QED) is 0.239. The van der Waals surface area contributed by atoms with Crippen molar-refractivity contribution in [1.82, 2.24) is 15.5 Å². The van der Waals surface area contributed by atoms with E-state index in [4.69, 9.17) is 9.47 Å². The van der Waals surface area contributed by atoms with Crippen molar-refractivity contribution in [3.63, 3.8) is 0 Å². The first-order valence-corrected chi connectivity index (χ1v) is 15.2. The largest absolute Gasteiger partial charge is 0.461 e. The van der Waals surface area contributed by atoms with Crippen LogP contribution in [0.3, 0.4) is 0 Å². The monoisotopic (exact) mass is 643 g/mol. The van der Waals surface area contributed by atoms with Crippen LogP contribution in [0, 0.1) is 5.92 Å². The van der Waals surface area contributed by atoms with Crippen LogP contribution >= 0.6 is 15.9 Å². The number of benzene rings is 2. The van der Waals surface area contributed by atoms with Crippen molar-refractivity contribution in [1.29, 1.82) is 0 Å². The van der Waals surface area contributed by atoms with E-state index < -0.39 is 48.3 Å². The zero-order valence-corrected chi connectivity index (χ0v) is 25.5. The lowest BCUT2D eigenvalue weighted by Crippen LogP contribution is -2.57. The molecule has 42 heavy (non-hydrogen) atoms. The summed E-state index contributed by atoms with van der Waals surface area (Å²) in [6.07, 6.45) is 1.26. The van der Waals surface area contributed by atoms with Gasteiger partial charge < -0.3 is 25.0 Å². The van der Waals surface area contributed by atoms with E-state index in [0.29, 0.717) is 25.8 Å². The normalized spacial score (nSPS) is 16.5. The standard InChI is InChI=1S/C31H38BrN3O7/c1-3-21(2)28(34-29(38)25-15-10-16-35(25)26(36)18-32)30(39)33-24(31(40)42-20-23-13-8-5-9-14-23)17-27(37)41-19-22-11-6-4-7-12-22/h4-9,11-14,21,24-25,28H,3,10,15-20H2,1-2H3,(H,33,39)(H,34,38)/t21-,24-,25-,28-/m0/s1. The lowest BCUT2D eigenvalue weighted by atomic mass is 9.97. The average molecular weight is 645 g/mol. The molecule has 1 heterocycles. The Labute approximate surface area is 254 Å². The van der Waals surface area contributed by atoms with Gasteiger partial charge in [0.2, 0.25) is 17.7 Å². The molecule has 226 valence electrons. The molecule has 3 rings (SSSR count). The van der Waals surface area contributed by atoms with Gasteiger partial charge in [0.05, 0.1) is 11.8 Å². The minimum Gasteiger partial charge on any atom is -0.461 e. The second-order valence-corrected chi connectivity index (χ2v) is 10.8. The molecule has 0 spiro atoms. The molecule has 2 aromatic carbocycles. The summed E-state index contributed by atoms with van der Waals surface area (Å²) >= 11 is 3.15. The van der Waals surface area contributed by atoms with Gasteiger partial charge in [-0.05, 0) is 29.9 Å². The van der Waals surface area contributed by atoms with E-state index in [2.05, 4.69) is 26.6 Å². The molecule has 0 bridgehead atoms. The molecular formula is C31H38BrN3O7. The highest BCUT2D eigenvalue weighted by atomic mass is 79.9. The molecule has 11 heteroatoms. The van der Waals surface area contributed by atoms with Crippen LogP contribution in [-0.4, -0.2) is 64.6 Å². The van der Waals surface area contributed by atoms with E-state index in [9.17, 15) is 24.0 Å². The average Bonchev–Trinajstić information content (AvgIpc) is 3.51. The topological polar surface area (TPSA) is 131 Å². The van der Waals surface area contributed by atoms with Crippen LogP contribution in [0.4, 0.5) is 0 Å². The summed E-state index contributed by atoms with van der Waals surface area (Å²) in [5.74, 6) is -3.07. The molecule has 4 atom stereocenters. The Balaban J connectivity index is 1.72. The fourth-order valence-electron chi connectivity index (χ4n) is 4.61. The van der Waals surface area contributed by atoms with Crippen molar-refractivity contribution >= 4 is 45.6 Å². The molecule has 0 unspecified atom stereocenters. The number of amides is 3. The van der Waals surface area contributed by atoms with Crippen LogP contribution in [0.15, 0.2) is 60.7 Å². The first-order valence-electron chi connectivity index (χ1n) is 14.1. The van der Waals surface area contributed by atoms with Crippen LogP contribution in [0.25, 0.3) is 0 Å². The van der Waals surface area contributed by atoms with Gasteiger partial charge >= 0.3 is 11.9 Å². The molecule has 10 nitrogen and oxygen atoms in total. The fourth-order valence-corrected chi connectivity index (χ4v) is 4.94. The van der Waals surface area contributed by atoms with Crippen molar-refractivity contribution in [2.75, 3.05) is 11.9 Å². The molecule has 1 aliphatic heterocycles. The van der Waals surface area contributed by atoms with E-state index in [1.165, 1.54) is 4.90 Å². The van der Waals surface area contributed by atoms with E-state index >= 15 is 0 Å². The van der Waals surface area contributed by atoms with Gasteiger partial charge in [0.25, 0.3) is 0 Å². The molecule has 1 saturated heterocycles. The summed E-state index contributed by atoms with van der Waals surface area (Å²) in [5, 5.41) is 5.51. The SMILES string of the molecule is CC[C@H](C)[C@H](NC(=O)[C@@H]1CCCN1C(=O)CBr)C(=O)N[C@@H](CC(=O)OCc1ccccc1)C(=O)OCc1ccccc1. The van der Waals surface area contributed by atoms with Gasteiger partial charge in [-0.3, -0.25) is 19.2 Å². The Morgan fingerprint density at radius 1 is 0.929 bits per heavy atom. The molecule has 0 saturated carbocycles. The zero-order chi connectivity index (χ0) is 30.5. The number of hydrogen-bond donors (Lipinski definition) is 2. The molecule has 3 amide bonds. The minimum absolute atomic E-state index is 0.00988. The minimum atomic E-state index is -1.34. The number of carbonyl (C=O) groups excluding carboxylic acids is 5. The van der Waals surface area contributed by atoms with Gasteiger partial charge in [-0.25, -0.2) is 4.79 Å². The highest BCUT2D eigenvalue weighted by Crippen LogP contribution is 2.19. The maximum absolute atomic E-state index is 13.5. The summed E-state index contributed by atoms with van der Waals surface area (Å²) < 4.78 is 10.8. The Hall–Kier alpha value is -3.73. The summed E-state index contributed by atoms with van der Waals surface area (Å²) in [7, 11) is 0. The van der Waals surface area contributed by atoms with Crippen molar-refractivity contribution in [3.05, 3.63) is 71.8 Å². The number of alkyl halides is 1. The first kappa shape index (κ1) is 32.8. The Morgan fingerprint density at radius 3 is 2.10 bits per heavy atom. The van der Waals surface area contributed by atoms with E-state index in [-0.39, 0.29) is 30.4 Å². The lowest BCUT2D eigenvalue weighted by molar-refractivity contribution is -0.155. The predicted molar refractivity (Wildman–Crippen MR) is 159 cm³/mol. The molecule has 2 N–H and O–H groups in total. The Kier molecular flexibility index (Phi) is 13.0. The van der Waals surface area contributed by atoms with Crippen molar-refractivity contribution in [2.45, 2.75) is 70.9 Å². The van der Waals surface area contributed by atoms with Gasteiger partial charge in [-0.15, -0.1) is 0 Å². The molecule has 0 aliphatic carbocycles. The highest BCUT2D eigenvalue weighted by molar-refractivity contribution is 9.09. The third kappa shape index (κ3) is 9.68. The summed E-state index contributed by atoms with van der Waals surface area (Å²) in [6, 6.07) is 15.1.